The van der Waals surface area contributed by atoms with Crippen molar-refractivity contribution in [2.45, 2.75) is 32.1 Å². The zero-order valence-electron chi connectivity index (χ0n) is 8.31. The molecule has 2 fully saturated rings. The minimum atomic E-state index is 0.736. The SMILES string of the molecule is CNC(=S)N1CCC2(CCC2)CC1. The number of piperidine rings is 1. The summed E-state index contributed by atoms with van der Waals surface area (Å²) in [5.74, 6) is 0. The van der Waals surface area contributed by atoms with E-state index < -0.39 is 0 Å². The van der Waals surface area contributed by atoms with Gasteiger partial charge in [0.25, 0.3) is 0 Å². The largest absolute Gasteiger partial charge is 0.366 e. The minimum Gasteiger partial charge on any atom is -0.366 e. The van der Waals surface area contributed by atoms with E-state index in [4.69, 9.17) is 12.2 Å². The van der Waals surface area contributed by atoms with Gasteiger partial charge in [0, 0.05) is 20.1 Å². The van der Waals surface area contributed by atoms with Gasteiger partial charge in [0.05, 0.1) is 0 Å². The summed E-state index contributed by atoms with van der Waals surface area (Å²) in [4.78, 5) is 2.30. The Labute approximate surface area is 85.7 Å². The second-order valence-electron chi connectivity index (χ2n) is 4.40. The highest BCUT2D eigenvalue weighted by atomic mass is 32.1. The summed E-state index contributed by atoms with van der Waals surface area (Å²) in [6.07, 6.45) is 7.10. The van der Waals surface area contributed by atoms with Crippen LogP contribution in [0.3, 0.4) is 0 Å². The molecule has 2 nitrogen and oxygen atoms in total. The minimum absolute atomic E-state index is 0.736. The van der Waals surface area contributed by atoms with Crippen molar-refractivity contribution in [3.63, 3.8) is 0 Å². The molecule has 0 amide bonds. The molecule has 0 aromatic heterocycles. The number of rotatable bonds is 0. The smallest absolute Gasteiger partial charge is 0.168 e. The van der Waals surface area contributed by atoms with Gasteiger partial charge in [0.2, 0.25) is 0 Å². The van der Waals surface area contributed by atoms with Crippen LogP contribution in [0.4, 0.5) is 0 Å². The molecule has 1 spiro atoms. The van der Waals surface area contributed by atoms with Gasteiger partial charge >= 0.3 is 0 Å². The fourth-order valence-electron chi connectivity index (χ4n) is 2.52. The van der Waals surface area contributed by atoms with Crippen LogP contribution < -0.4 is 5.32 Å². The first kappa shape index (κ1) is 9.25. The van der Waals surface area contributed by atoms with Crippen LogP contribution in [0.15, 0.2) is 0 Å². The first-order chi connectivity index (χ1) is 6.26. The van der Waals surface area contributed by atoms with Gasteiger partial charge in [-0.2, -0.15) is 0 Å². The Morgan fingerprint density at radius 2 is 1.85 bits per heavy atom. The maximum atomic E-state index is 5.22. The lowest BCUT2D eigenvalue weighted by atomic mass is 9.63. The predicted octanol–water partition coefficient (Wildman–Crippen LogP) is 1.76. The van der Waals surface area contributed by atoms with Crippen LogP contribution in [-0.4, -0.2) is 30.1 Å². The molecule has 0 unspecified atom stereocenters. The van der Waals surface area contributed by atoms with Gasteiger partial charge in [-0.25, -0.2) is 0 Å². The lowest BCUT2D eigenvalue weighted by Gasteiger charge is -2.48. The summed E-state index contributed by atoms with van der Waals surface area (Å²) in [5, 5.41) is 3.98. The molecule has 3 heteroatoms. The molecule has 0 aromatic carbocycles. The molecular weight excluding hydrogens is 180 g/mol. The van der Waals surface area contributed by atoms with Crippen molar-refractivity contribution in [3.8, 4) is 0 Å². The highest BCUT2D eigenvalue weighted by molar-refractivity contribution is 7.80. The van der Waals surface area contributed by atoms with E-state index >= 15 is 0 Å². The predicted molar refractivity (Wildman–Crippen MR) is 58.7 cm³/mol. The number of likely N-dealkylation sites (tertiary alicyclic amines) is 1. The van der Waals surface area contributed by atoms with E-state index in [1.807, 2.05) is 7.05 Å². The third kappa shape index (κ3) is 1.66. The van der Waals surface area contributed by atoms with Crippen LogP contribution in [0.2, 0.25) is 0 Å². The number of nitrogens with one attached hydrogen (secondary N) is 1. The molecule has 74 valence electrons. The molecule has 1 saturated carbocycles. The summed E-state index contributed by atoms with van der Waals surface area (Å²) in [6, 6.07) is 0. The van der Waals surface area contributed by atoms with Crippen molar-refractivity contribution in [1.29, 1.82) is 0 Å². The van der Waals surface area contributed by atoms with E-state index in [0.717, 1.165) is 10.5 Å². The molecule has 13 heavy (non-hydrogen) atoms. The molecule has 1 aliphatic heterocycles. The molecule has 1 heterocycles. The molecule has 1 N–H and O–H groups in total. The summed E-state index contributed by atoms with van der Waals surface area (Å²) >= 11 is 5.22. The zero-order valence-corrected chi connectivity index (χ0v) is 9.12. The van der Waals surface area contributed by atoms with E-state index in [9.17, 15) is 0 Å². The van der Waals surface area contributed by atoms with Gasteiger partial charge < -0.3 is 10.2 Å². The topological polar surface area (TPSA) is 15.3 Å². The summed E-state index contributed by atoms with van der Waals surface area (Å²) < 4.78 is 0. The van der Waals surface area contributed by atoms with Gasteiger partial charge in [0.15, 0.2) is 5.11 Å². The summed E-state index contributed by atoms with van der Waals surface area (Å²) in [5.41, 5.74) is 0.736. The van der Waals surface area contributed by atoms with Gasteiger partial charge in [-0.05, 0) is 43.3 Å². The van der Waals surface area contributed by atoms with Crippen LogP contribution in [0.25, 0.3) is 0 Å². The average Bonchev–Trinajstić information content (AvgIpc) is 2.14. The lowest BCUT2D eigenvalue weighted by Crippen LogP contribution is -2.48. The van der Waals surface area contributed by atoms with Gasteiger partial charge in [-0.15, -0.1) is 0 Å². The Morgan fingerprint density at radius 3 is 2.23 bits per heavy atom. The van der Waals surface area contributed by atoms with Crippen LogP contribution in [0.5, 0.6) is 0 Å². The van der Waals surface area contributed by atoms with Crippen molar-refractivity contribution < 1.29 is 0 Å². The first-order valence-corrected chi connectivity index (χ1v) is 5.63. The van der Waals surface area contributed by atoms with Gasteiger partial charge in [-0.3, -0.25) is 0 Å². The van der Waals surface area contributed by atoms with E-state index in [-0.39, 0.29) is 0 Å². The third-order valence-corrected chi connectivity index (χ3v) is 4.20. The van der Waals surface area contributed by atoms with Crippen LogP contribution in [-0.2, 0) is 0 Å². The molecule has 0 atom stereocenters. The Hall–Kier alpha value is -0.310. The molecule has 0 bridgehead atoms. The number of hydrogen-bond donors (Lipinski definition) is 1. The number of nitrogens with zero attached hydrogens (tertiary/aromatic N) is 1. The zero-order chi connectivity index (χ0) is 9.31. The van der Waals surface area contributed by atoms with Crippen molar-refractivity contribution >= 4 is 17.3 Å². The molecule has 2 rings (SSSR count). The van der Waals surface area contributed by atoms with E-state index in [2.05, 4.69) is 10.2 Å². The van der Waals surface area contributed by atoms with E-state index in [0.29, 0.717) is 0 Å². The number of hydrogen-bond acceptors (Lipinski definition) is 1. The Balaban J connectivity index is 1.85. The molecule has 1 saturated heterocycles. The molecule has 0 aromatic rings. The third-order valence-electron chi connectivity index (χ3n) is 3.74. The standard InChI is InChI=1S/C10H18N2S/c1-11-9(13)12-7-5-10(6-8-12)3-2-4-10/h2-8H2,1H3,(H,11,13). The lowest BCUT2D eigenvalue weighted by molar-refractivity contribution is 0.0569. The average molecular weight is 198 g/mol. The van der Waals surface area contributed by atoms with E-state index in [1.165, 1.54) is 45.2 Å². The molecule has 0 radical (unpaired) electrons. The Morgan fingerprint density at radius 1 is 1.23 bits per heavy atom. The number of thiocarbonyl (C=S) groups is 1. The highest BCUT2D eigenvalue weighted by Crippen LogP contribution is 2.48. The first-order valence-electron chi connectivity index (χ1n) is 5.22. The Bertz CT molecular complexity index is 201. The second kappa shape index (κ2) is 3.45. The maximum Gasteiger partial charge on any atom is 0.168 e. The fourth-order valence-corrected chi connectivity index (χ4v) is 2.70. The van der Waals surface area contributed by atoms with Crippen molar-refractivity contribution in [2.75, 3.05) is 20.1 Å². The molecule has 1 aliphatic carbocycles. The quantitative estimate of drug-likeness (QED) is 0.597. The maximum absolute atomic E-state index is 5.22. The Kier molecular flexibility index (Phi) is 2.45. The van der Waals surface area contributed by atoms with Crippen molar-refractivity contribution in [3.05, 3.63) is 0 Å². The van der Waals surface area contributed by atoms with Crippen LogP contribution in [0, 0.1) is 5.41 Å². The summed E-state index contributed by atoms with van der Waals surface area (Å²) in [6.45, 7) is 2.33. The highest BCUT2D eigenvalue weighted by Gasteiger charge is 2.39. The van der Waals surface area contributed by atoms with Crippen molar-refractivity contribution in [1.82, 2.24) is 10.2 Å². The monoisotopic (exact) mass is 198 g/mol. The summed E-state index contributed by atoms with van der Waals surface area (Å²) in [7, 11) is 1.91. The van der Waals surface area contributed by atoms with Gasteiger partial charge in [-0.1, -0.05) is 6.42 Å². The molecular formula is C10H18N2S. The van der Waals surface area contributed by atoms with Crippen LogP contribution in [0.1, 0.15) is 32.1 Å². The second-order valence-corrected chi connectivity index (χ2v) is 4.78. The van der Waals surface area contributed by atoms with Gasteiger partial charge in [0.1, 0.15) is 0 Å². The van der Waals surface area contributed by atoms with E-state index in [1.54, 1.807) is 0 Å². The normalized spacial score (nSPS) is 25.5. The van der Waals surface area contributed by atoms with Crippen LogP contribution >= 0.6 is 12.2 Å². The fraction of sp³-hybridized carbons (Fsp3) is 0.900. The van der Waals surface area contributed by atoms with Crippen molar-refractivity contribution in [2.24, 2.45) is 5.41 Å². The molecule has 2 aliphatic rings.